The second-order valence-corrected chi connectivity index (χ2v) is 11.0. The van der Waals surface area contributed by atoms with E-state index in [9.17, 15) is 14.4 Å². The maximum absolute atomic E-state index is 11.6. The van der Waals surface area contributed by atoms with Gasteiger partial charge in [0, 0.05) is 33.4 Å². The third-order valence-electron chi connectivity index (χ3n) is 7.13. The van der Waals surface area contributed by atoms with Crippen LogP contribution in [0.2, 0.25) is 0 Å². The van der Waals surface area contributed by atoms with Crippen molar-refractivity contribution in [3.8, 4) is 51.2 Å². The van der Waals surface area contributed by atoms with Gasteiger partial charge in [0.15, 0.2) is 17.5 Å². The number of benzene rings is 4. The molecule has 15 nitrogen and oxygen atoms in total. The zero-order valence-electron chi connectivity index (χ0n) is 23.9. The van der Waals surface area contributed by atoms with Gasteiger partial charge in [0.25, 0.3) is 15.7 Å². The van der Waals surface area contributed by atoms with Crippen molar-refractivity contribution >= 4 is 50.5 Å². The van der Waals surface area contributed by atoms with Gasteiger partial charge in [-0.05, 0) is 157 Å². The van der Waals surface area contributed by atoms with Crippen LogP contribution in [0.3, 0.4) is 0 Å². The van der Waals surface area contributed by atoms with E-state index in [4.69, 9.17) is 34.8 Å². The highest BCUT2D eigenvalue weighted by molar-refractivity contribution is 6.68. The smallest absolute Gasteiger partial charge is 0.252 e. The summed E-state index contributed by atoms with van der Waals surface area (Å²) < 4.78 is 4.46. The van der Waals surface area contributed by atoms with E-state index in [1.165, 1.54) is 14.0 Å². The molecule has 0 aliphatic rings. The molecule has 7 aromatic rings. The molecule has 0 saturated heterocycles. The summed E-state index contributed by atoms with van der Waals surface area (Å²) in [6.45, 7) is 0. The molecule has 0 bridgehead atoms. The van der Waals surface area contributed by atoms with Crippen LogP contribution in [0, 0.1) is 0 Å². The van der Waals surface area contributed by atoms with Crippen LogP contribution in [0.25, 0.3) is 51.2 Å². The summed E-state index contributed by atoms with van der Waals surface area (Å²) in [5.41, 5.74) is 4.18. The number of carbonyl (C=O) groups is 3. The van der Waals surface area contributed by atoms with Crippen LogP contribution in [0.15, 0.2) is 91.0 Å². The minimum atomic E-state index is -0.598. The van der Waals surface area contributed by atoms with Crippen molar-refractivity contribution in [2.45, 2.75) is 0 Å². The lowest BCUT2D eigenvalue weighted by molar-refractivity contribution is 0.107. The lowest BCUT2D eigenvalue weighted by Crippen LogP contribution is -2.04. The molecule has 0 radical (unpaired) electrons. The molecule has 0 unspecified atom stereocenters. The minimum Gasteiger partial charge on any atom is -0.276 e. The standard InChI is InChI=1S/C30H15Cl3N12O3/c31-25(46)16-1-7-22(8-2-16)43-28(34-37-40-43)19-13-20(29-35-38-41-44(29)23-9-3-17(4-10-23)26(32)47)15-21(14-19)30-36-39-42-45(30)24-11-5-18(6-12-24)27(33)48/h1-15H. The highest BCUT2D eigenvalue weighted by Crippen LogP contribution is 2.32. The molecule has 3 heterocycles. The summed E-state index contributed by atoms with van der Waals surface area (Å²) in [6.07, 6.45) is 0. The second kappa shape index (κ2) is 12.6. The summed E-state index contributed by atoms with van der Waals surface area (Å²) >= 11 is 16.9. The third kappa shape index (κ3) is 5.84. The quantitative estimate of drug-likeness (QED) is 0.189. The molecule has 7 rings (SSSR count). The van der Waals surface area contributed by atoms with Crippen molar-refractivity contribution < 1.29 is 14.4 Å². The first-order valence-electron chi connectivity index (χ1n) is 13.7. The molecule has 0 aliphatic heterocycles. The van der Waals surface area contributed by atoms with Crippen LogP contribution in [-0.2, 0) is 0 Å². The molecular weight excluding hydrogens is 683 g/mol. The summed E-state index contributed by atoms with van der Waals surface area (Å²) in [6, 6.07) is 24.7. The highest BCUT2D eigenvalue weighted by Gasteiger charge is 2.21. The fourth-order valence-corrected chi connectivity index (χ4v) is 5.22. The Hall–Kier alpha value is -6.03. The van der Waals surface area contributed by atoms with Crippen LogP contribution in [0.5, 0.6) is 0 Å². The Morgan fingerprint density at radius 1 is 0.417 bits per heavy atom. The van der Waals surface area contributed by atoms with Crippen molar-refractivity contribution in [2.24, 2.45) is 0 Å². The van der Waals surface area contributed by atoms with Crippen LogP contribution >= 0.6 is 34.8 Å². The van der Waals surface area contributed by atoms with Crippen LogP contribution in [0.4, 0.5) is 0 Å². The van der Waals surface area contributed by atoms with E-state index >= 15 is 0 Å². The first-order valence-corrected chi connectivity index (χ1v) is 14.8. The van der Waals surface area contributed by atoms with Gasteiger partial charge in [-0.3, -0.25) is 14.4 Å². The number of aromatic nitrogens is 12. The topological polar surface area (TPSA) is 182 Å². The van der Waals surface area contributed by atoms with Gasteiger partial charge in [0.1, 0.15) is 0 Å². The summed E-state index contributed by atoms with van der Waals surface area (Å²) in [4.78, 5) is 34.9. The van der Waals surface area contributed by atoms with Gasteiger partial charge in [0.05, 0.1) is 17.1 Å². The number of halogens is 3. The summed E-state index contributed by atoms with van der Waals surface area (Å²) in [5.74, 6) is 0.989. The van der Waals surface area contributed by atoms with Crippen molar-refractivity contribution in [1.29, 1.82) is 0 Å². The van der Waals surface area contributed by atoms with E-state index in [1.807, 2.05) is 0 Å². The fraction of sp³-hybridized carbons (Fsp3) is 0. The van der Waals surface area contributed by atoms with E-state index in [2.05, 4.69) is 46.6 Å². The molecule has 234 valence electrons. The lowest BCUT2D eigenvalue weighted by Gasteiger charge is -2.11. The molecule has 3 aromatic heterocycles. The Morgan fingerprint density at radius 3 is 0.896 bits per heavy atom. The summed E-state index contributed by atoms with van der Waals surface area (Å²) in [7, 11) is 0. The van der Waals surface area contributed by atoms with Crippen LogP contribution in [0.1, 0.15) is 31.1 Å². The molecule has 48 heavy (non-hydrogen) atoms. The highest BCUT2D eigenvalue weighted by atomic mass is 35.5. The van der Waals surface area contributed by atoms with Gasteiger partial charge in [0.2, 0.25) is 0 Å². The number of nitrogens with zero attached hydrogens (tertiary/aromatic N) is 12. The zero-order chi connectivity index (χ0) is 33.4. The first-order chi connectivity index (χ1) is 23.3. The normalized spacial score (nSPS) is 11.1. The number of tetrazole rings is 3. The largest absolute Gasteiger partial charge is 0.276 e. The Labute approximate surface area is 283 Å². The van der Waals surface area contributed by atoms with E-state index in [0.29, 0.717) is 67.9 Å². The third-order valence-corrected chi connectivity index (χ3v) is 7.79. The van der Waals surface area contributed by atoms with E-state index < -0.39 is 15.7 Å². The van der Waals surface area contributed by atoms with Gasteiger partial charge in [-0.1, -0.05) is 0 Å². The monoisotopic (exact) mass is 696 g/mol. The van der Waals surface area contributed by atoms with Gasteiger partial charge >= 0.3 is 0 Å². The fourth-order valence-electron chi connectivity index (χ4n) is 4.84. The zero-order valence-corrected chi connectivity index (χ0v) is 26.2. The van der Waals surface area contributed by atoms with Crippen molar-refractivity contribution in [2.75, 3.05) is 0 Å². The summed E-state index contributed by atoms with van der Waals surface area (Å²) in [5, 5.41) is 35.2. The molecule has 0 aliphatic carbocycles. The maximum Gasteiger partial charge on any atom is 0.252 e. The Bertz CT molecular complexity index is 2060. The molecule has 0 saturated carbocycles. The van der Waals surface area contributed by atoms with E-state index in [1.54, 1.807) is 91.0 Å². The molecule has 0 spiro atoms. The van der Waals surface area contributed by atoms with Crippen molar-refractivity contribution in [3.05, 3.63) is 108 Å². The molecule has 18 heteroatoms. The van der Waals surface area contributed by atoms with E-state index in [-0.39, 0.29) is 0 Å². The number of hydrogen-bond donors (Lipinski definition) is 0. The number of carbonyl (C=O) groups excluding carboxylic acids is 3. The average molecular weight is 698 g/mol. The molecule has 4 aromatic carbocycles. The predicted molar refractivity (Wildman–Crippen MR) is 171 cm³/mol. The van der Waals surface area contributed by atoms with Crippen LogP contribution in [-0.4, -0.2) is 76.3 Å². The first kappa shape index (κ1) is 30.6. The van der Waals surface area contributed by atoms with Crippen molar-refractivity contribution in [3.63, 3.8) is 0 Å². The van der Waals surface area contributed by atoms with E-state index in [0.717, 1.165) is 0 Å². The van der Waals surface area contributed by atoms with Gasteiger partial charge in [-0.2, -0.15) is 14.0 Å². The lowest BCUT2D eigenvalue weighted by atomic mass is 10.0. The number of hydrogen-bond acceptors (Lipinski definition) is 12. The second-order valence-electron chi connectivity index (χ2n) is 10.0. The molecular formula is C30H15Cl3N12O3. The molecule has 0 N–H and O–H groups in total. The Balaban J connectivity index is 1.39. The van der Waals surface area contributed by atoms with Gasteiger partial charge < -0.3 is 0 Å². The molecule has 0 amide bonds. The predicted octanol–water partition coefficient (Wildman–Crippen LogP) is 4.75. The molecule has 0 fully saturated rings. The average Bonchev–Trinajstić information content (AvgIpc) is 3.90. The Kier molecular flexibility index (Phi) is 8.06. The SMILES string of the molecule is O=C(Cl)c1ccc(-n2nnnc2-c2cc(-c3nnnn3-c3ccc(C(=O)Cl)cc3)cc(-c3nnnn3-c3ccc(C(=O)Cl)cc3)c2)cc1. The molecule has 0 atom stereocenters. The maximum atomic E-state index is 11.6. The minimum absolute atomic E-state index is 0.310. The Morgan fingerprint density at radius 2 is 0.667 bits per heavy atom. The number of rotatable bonds is 9. The van der Waals surface area contributed by atoms with Gasteiger partial charge in [-0.25, -0.2) is 0 Å². The van der Waals surface area contributed by atoms with Gasteiger partial charge in [-0.15, -0.1) is 15.3 Å². The van der Waals surface area contributed by atoms with Crippen LogP contribution < -0.4 is 0 Å². The van der Waals surface area contributed by atoms with Crippen molar-refractivity contribution in [1.82, 2.24) is 60.6 Å².